The van der Waals surface area contributed by atoms with Gasteiger partial charge in [-0.05, 0) is 30.7 Å². The third-order valence-electron chi connectivity index (χ3n) is 2.67. The first kappa shape index (κ1) is 13.5. The number of aryl methyl sites for hydroxylation is 1. The maximum absolute atomic E-state index is 11.5. The molecule has 2 aromatic rings. The Labute approximate surface area is 115 Å². The van der Waals surface area contributed by atoms with Gasteiger partial charge in [-0.25, -0.2) is 4.79 Å². The van der Waals surface area contributed by atoms with Crippen LogP contribution in [-0.4, -0.2) is 13.1 Å². The van der Waals surface area contributed by atoms with Crippen molar-refractivity contribution in [1.82, 2.24) is 0 Å². The number of rotatable bonds is 4. The zero-order valence-corrected chi connectivity index (χ0v) is 11.6. The Morgan fingerprint density at radius 1 is 1.42 bits per heavy atom. The van der Waals surface area contributed by atoms with Crippen molar-refractivity contribution in [1.29, 1.82) is 0 Å². The summed E-state index contributed by atoms with van der Waals surface area (Å²) in [5, 5.41) is 0. The van der Waals surface area contributed by atoms with Gasteiger partial charge >= 0.3 is 5.97 Å². The number of hydrogen-bond donors (Lipinski definition) is 1. The van der Waals surface area contributed by atoms with E-state index in [0.717, 1.165) is 21.7 Å². The highest BCUT2D eigenvalue weighted by Crippen LogP contribution is 2.30. The number of furan rings is 1. The molecule has 1 heterocycles. The lowest BCUT2D eigenvalue weighted by Gasteiger charge is -2.06. The third kappa shape index (κ3) is 3.12. The lowest BCUT2D eigenvalue weighted by atomic mass is 10.2. The number of methoxy groups -OCH3 is 1. The molecule has 0 aliphatic carbocycles. The molecule has 1 aromatic heterocycles. The van der Waals surface area contributed by atoms with E-state index in [0.29, 0.717) is 5.75 Å². The Kier molecular flexibility index (Phi) is 4.16. The molecule has 2 N–H and O–H groups in total. The average Bonchev–Trinajstić information content (AvgIpc) is 2.85. The summed E-state index contributed by atoms with van der Waals surface area (Å²) < 4.78 is 9.80. The number of hydrogen-bond acceptors (Lipinski definition) is 5. The highest BCUT2D eigenvalue weighted by Gasteiger charge is 2.16. The fourth-order valence-electron chi connectivity index (χ4n) is 1.68. The second kappa shape index (κ2) is 5.84. The minimum Gasteiger partial charge on any atom is -0.463 e. The van der Waals surface area contributed by atoms with Gasteiger partial charge in [0, 0.05) is 21.9 Å². The summed E-state index contributed by atoms with van der Waals surface area (Å²) in [7, 11) is 1.33. The molecule has 0 atom stereocenters. The predicted molar refractivity (Wildman–Crippen MR) is 75.2 cm³/mol. The van der Waals surface area contributed by atoms with Crippen LogP contribution in [0.3, 0.4) is 0 Å². The molecule has 0 fully saturated rings. The van der Waals surface area contributed by atoms with Crippen LogP contribution < -0.4 is 5.73 Å². The first-order valence-electron chi connectivity index (χ1n) is 5.75. The number of benzene rings is 1. The predicted octanol–water partition coefficient (Wildman–Crippen LogP) is 3.25. The van der Waals surface area contributed by atoms with Gasteiger partial charge < -0.3 is 14.9 Å². The smallest absolute Gasteiger partial charge is 0.374 e. The van der Waals surface area contributed by atoms with E-state index in [1.165, 1.54) is 13.4 Å². The highest BCUT2D eigenvalue weighted by atomic mass is 32.2. The topological polar surface area (TPSA) is 65.5 Å². The van der Waals surface area contributed by atoms with Gasteiger partial charge in [-0.15, -0.1) is 11.8 Å². The standard InChI is InChI=1S/C14H15NO3S/c1-9-3-4-12(11(15)7-9)19-8-10-5-6-18-13(10)14(16)17-2/h3-7H,8,15H2,1-2H3. The lowest BCUT2D eigenvalue weighted by Crippen LogP contribution is -2.02. The number of thioether (sulfide) groups is 1. The van der Waals surface area contributed by atoms with Crippen LogP contribution in [-0.2, 0) is 10.5 Å². The van der Waals surface area contributed by atoms with Gasteiger partial charge in [-0.3, -0.25) is 0 Å². The fraction of sp³-hybridized carbons (Fsp3) is 0.214. The number of esters is 1. The van der Waals surface area contributed by atoms with E-state index < -0.39 is 5.97 Å². The molecular weight excluding hydrogens is 262 g/mol. The quantitative estimate of drug-likeness (QED) is 0.528. The van der Waals surface area contributed by atoms with Crippen LogP contribution in [0, 0.1) is 6.92 Å². The molecular formula is C14H15NO3S. The van der Waals surface area contributed by atoms with Gasteiger partial charge in [0.15, 0.2) is 0 Å². The van der Waals surface area contributed by atoms with Crippen LogP contribution in [0.5, 0.6) is 0 Å². The summed E-state index contributed by atoms with van der Waals surface area (Å²) in [6, 6.07) is 7.69. The molecule has 100 valence electrons. The first-order chi connectivity index (χ1) is 9.11. The Morgan fingerprint density at radius 3 is 2.89 bits per heavy atom. The van der Waals surface area contributed by atoms with E-state index in [1.807, 2.05) is 25.1 Å². The lowest BCUT2D eigenvalue weighted by molar-refractivity contribution is 0.0564. The van der Waals surface area contributed by atoms with Crippen molar-refractivity contribution < 1.29 is 13.9 Å². The van der Waals surface area contributed by atoms with Gasteiger partial charge in [0.05, 0.1) is 13.4 Å². The monoisotopic (exact) mass is 277 g/mol. The van der Waals surface area contributed by atoms with Crippen LogP contribution in [0.15, 0.2) is 39.8 Å². The summed E-state index contributed by atoms with van der Waals surface area (Å²) in [6.07, 6.45) is 1.49. The van der Waals surface area contributed by atoms with E-state index in [9.17, 15) is 4.79 Å². The number of anilines is 1. The molecule has 1 aromatic carbocycles. The largest absolute Gasteiger partial charge is 0.463 e. The van der Waals surface area contributed by atoms with Crippen LogP contribution >= 0.6 is 11.8 Å². The van der Waals surface area contributed by atoms with Gasteiger partial charge in [-0.2, -0.15) is 0 Å². The Balaban J connectivity index is 2.10. The summed E-state index contributed by atoms with van der Waals surface area (Å²) in [5.41, 5.74) is 8.62. The molecule has 4 nitrogen and oxygen atoms in total. The molecule has 19 heavy (non-hydrogen) atoms. The molecule has 0 aliphatic heterocycles. The van der Waals surface area contributed by atoms with Crippen LogP contribution in [0.2, 0.25) is 0 Å². The van der Waals surface area contributed by atoms with Crippen molar-refractivity contribution >= 4 is 23.4 Å². The van der Waals surface area contributed by atoms with Crippen molar-refractivity contribution in [2.75, 3.05) is 12.8 Å². The minimum absolute atomic E-state index is 0.251. The summed E-state index contributed by atoms with van der Waals surface area (Å²) >= 11 is 1.56. The Morgan fingerprint density at radius 2 is 2.21 bits per heavy atom. The second-order valence-corrected chi connectivity index (χ2v) is 5.11. The number of ether oxygens (including phenoxy) is 1. The van der Waals surface area contributed by atoms with E-state index in [-0.39, 0.29) is 5.76 Å². The Hall–Kier alpha value is -1.88. The van der Waals surface area contributed by atoms with Crippen LogP contribution in [0.4, 0.5) is 5.69 Å². The molecule has 0 radical (unpaired) electrons. The Bertz CT molecular complexity index is 592. The van der Waals surface area contributed by atoms with Crippen LogP contribution in [0.1, 0.15) is 21.7 Å². The highest BCUT2D eigenvalue weighted by molar-refractivity contribution is 7.98. The van der Waals surface area contributed by atoms with Gasteiger partial charge in [0.2, 0.25) is 5.76 Å². The number of nitrogen functional groups attached to an aromatic ring is 1. The van der Waals surface area contributed by atoms with E-state index in [2.05, 4.69) is 4.74 Å². The molecule has 5 heteroatoms. The van der Waals surface area contributed by atoms with Gasteiger partial charge in [0.1, 0.15) is 0 Å². The minimum atomic E-state index is -0.461. The van der Waals surface area contributed by atoms with E-state index in [1.54, 1.807) is 17.8 Å². The van der Waals surface area contributed by atoms with Gasteiger partial charge in [0.25, 0.3) is 0 Å². The molecule has 0 aliphatic rings. The molecule has 0 saturated carbocycles. The van der Waals surface area contributed by atoms with Crippen molar-refractivity contribution in [3.63, 3.8) is 0 Å². The summed E-state index contributed by atoms with van der Waals surface area (Å²) in [5.74, 6) is 0.395. The summed E-state index contributed by atoms with van der Waals surface area (Å²) in [6.45, 7) is 2.00. The molecule has 2 rings (SSSR count). The molecule has 0 unspecified atom stereocenters. The summed E-state index contributed by atoms with van der Waals surface area (Å²) in [4.78, 5) is 12.5. The van der Waals surface area contributed by atoms with Crippen molar-refractivity contribution in [2.45, 2.75) is 17.6 Å². The normalized spacial score (nSPS) is 10.4. The zero-order valence-electron chi connectivity index (χ0n) is 10.8. The van der Waals surface area contributed by atoms with Crippen molar-refractivity contribution in [3.05, 3.63) is 47.4 Å². The fourth-order valence-corrected chi connectivity index (χ4v) is 2.60. The molecule has 0 spiro atoms. The number of carbonyl (C=O) groups excluding carboxylic acids is 1. The zero-order chi connectivity index (χ0) is 13.8. The molecule has 0 bridgehead atoms. The van der Waals surface area contributed by atoms with Crippen molar-refractivity contribution in [3.8, 4) is 0 Å². The van der Waals surface area contributed by atoms with E-state index >= 15 is 0 Å². The number of nitrogens with two attached hydrogens (primary N) is 1. The maximum atomic E-state index is 11.5. The van der Waals surface area contributed by atoms with Crippen LogP contribution in [0.25, 0.3) is 0 Å². The molecule has 0 amide bonds. The average molecular weight is 277 g/mol. The number of carbonyl (C=O) groups is 1. The maximum Gasteiger partial charge on any atom is 0.374 e. The van der Waals surface area contributed by atoms with Crippen molar-refractivity contribution in [2.24, 2.45) is 0 Å². The second-order valence-electron chi connectivity index (χ2n) is 4.10. The van der Waals surface area contributed by atoms with E-state index in [4.69, 9.17) is 10.2 Å². The first-order valence-corrected chi connectivity index (χ1v) is 6.74. The third-order valence-corrected chi connectivity index (χ3v) is 3.80. The molecule has 0 saturated heterocycles. The SMILES string of the molecule is COC(=O)c1occc1CSc1ccc(C)cc1N. The van der Waals surface area contributed by atoms with Gasteiger partial charge in [-0.1, -0.05) is 6.07 Å².